The van der Waals surface area contributed by atoms with E-state index in [1.807, 2.05) is 0 Å². The summed E-state index contributed by atoms with van der Waals surface area (Å²) < 4.78 is 11.8. The molecule has 1 aromatic carbocycles. The van der Waals surface area contributed by atoms with Crippen LogP contribution in [-0.4, -0.2) is 33.5 Å². The third-order valence-corrected chi connectivity index (χ3v) is 3.66. The van der Waals surface area contributed by atoms with Gasteiger partial charge in [-0.1, -0.05) is 24.3 Å². The van der Waals surface area contributed by atoms with E-state index in [0.29, 0.717) is 17.7 Å². The molecule has 1 aromatic rings. The van der Waals surface area contributed by atoms with E-state index in [2.05, 4.69) is 5.32 Å². The van der Waals surface area contributed by atoms with Gasteiger partial charge in [0.1, 0.15) is 5.75 Å². The van der Waals surface area contributed by atoms with Crippen molar-refractivity contribution in [2.24, 2.45) is 0 Å². The highest BCUT2D eigenvalue weighted by Gasteiger charge is 2.11. The number of aliphatic carboxylic acids is 1. The molecule has 1 unspecified atom stereocenters. The van der Waals surface area contributed by atoms with E-state index < -0.39 is 16.8 Å². The molecule has 0 fully saturated rings. The molecule has 0 heterocycles. The van der Waals surface area contributed by atoms with Crippen LogP contribution in [0.2, 0.25) is 0 Å². The van der Waals surface area contributed by atoms with Gasteiger partial charge in [0.15, 0.2) is 0 Å². The third kappa shape index (κ3) is 5.65. The van der Waals surface area contributed by atoms with Crippen molar-refractivity contribution in [2.45, 2.75) is 19.1 Å². The van der Waals surface area contributed by atoms with Crippen molar-refractivity contribution >= 4 is 22.7 Å². The zero-order valence-corrected chi connectivity index (χ0v) is 11.5. The monoisotopic (exact) mass is 283 g/mol. The lowest BCUT2D eigenvalue weighted by molar-refractivity contribution is -0.136. The van der Waals surface area contributed by atoms with Gasteiger partial charge in [-0.25, -0.2) is 0 Å². The normalized spacial score (nSPS) is 11.8. The van der Waals surface area contributed by atoms with E-state index in [0.717, 1.165) is 0 Å². The number of benzene rings is 1. The molecule has 104 valence electrons. The molecule has 0 aliphatic rings. The molecule has 19 heavy (non-hydrogen) atoms. The lowest BCUT2D eigenvalue weighted by Gasteiger charge is -2.07. The number of rotatable bonds is 7. The van der Waals surface area contributed by atoms with Crippen molar-refractivity contribution in [3.05, 3.63) is 35.4 Å². The van der Waals surface area contributed by atoms with Crippen LogP contribution in [0, 0.1) is 0 Å². The molecule has 0 aliphatic carbocycles. The minimum Gasteiger partial charge on any atom is -0.481 e. The van der Waals surface area contributed by atoms with Crippen molar-refractivity contribution < 1.29 is 18.9 Å². The summed E-state index contributed by atoms with van der Waals surface area (Å²) in [5.74, 6) is -1.05. The molecule has 0 aromatic heterocycles. The summed E-state index contributed by atoms with van der Waals surface area (Å²) >= 11 is 0. The predicted molar refractivity (Wildman–Crippen MR) is 73.2 cm³/mol. The zero-order valence-electron chi connectivity index (χ0n) is 10.7. The molecule has 0 radical (unpaired) electrons. The minimum atomic E-state index is -1.33. The maximum absolute atomic E-state index is 11.8. The Hall–Kier alpha value is -1.69. The lowest BCUT2D eigenvalue weighted by Crippen LogP contribution is -2.28. The number of carboxylic acid groups (broad SMARTS) is 1. The quantitative estimate of drug-likeness (QED) is 0.771. The van der Waals surface area contributed by atoms with E-state index in [1.165, 1.54) is 0 Å². The number of carbonyl (C=O) groups excluding carboxylic acids is 1. The second kappa shape index (κ2) is 7.68. The van der Waals surface area contributed by atoms with Gasteiger partial charge in [0.05, 0.1) is 6.42 Å². The van der Waals surface area contributed by atoms with Crippen LogP contribution >= 0.6 is 0 Å². The van der Waals surface area contributed by atoms with Crippen LogP contribution in [0.1, 0.15) is 18.1 Å². The first-order valence-corrected chi connectivity index (χ1v) is 7.42. The summed E-state index contributed by atoms with van der Waals surface area (Å²) in [6.07, 6.45) is -0.103. The van der Waals surface area contributed by atoms with E-state index >= 15 is 0 Å². The standard InChI is InChI=1S/C13H17NO4S/c1-2-14-12(15)9-19(18)8-11-6-4-3-5-10(11)7-13(16)17/h3-6H,2,7-9H2,1H3,(H,14,15)(H,16,17). The molecule has 5 nitrogen and oxygen atoms in total. The van der Waals surface area contributed by atoms with Crippen molar-refractivity contribution in [1.82, 2.24) is 5.32 Å². The molecule has 0 spiro atoms. The molecule has 2 N–H and O–H groups in total. The Kier molecular flexibility index (Phi) is 6.21. The van der Waals surface area contributed by atoms with E-state index in [4.69, 9.17) is 5.11 Å². The van der Waals surface area contributed by atoms with Gasteiger partial charge in [0.2, 0.25) is 5.91 Å². The maximum Gasteiger partial charge on any atom is 0.307 e. The Morgan fingerprint density at radius 3 is 2.47 bits per heavy atom. The Morgan fingerprint density at radius 1 is 1.26 bits per heavy atom. The Morgan fingerprint density at radius 2 is 1.89 bits per heavy atom. The molecular weight excluding hydrogens is 266 g/mol. The average Bonchev–Trinajstić information content (AvgIpc) is 2.31. The summed E-state index contributed by atoms with van der Waals surface area (Å²) in [5, 5.41) is 11.4. The number of carboxylic acids is 1. The third-order valence-electron chi connectivity index (χ3n) is 2.44. The van der Waals surface area contributed by atoms with Crippen molar-refractivity contribution in [2.75, 3.05) is 12.3 Å². The fourth-order valence-corrected chi connectivity index (χ4v) is 2.78. The van der Waals surface area contributed by atoms with Crippen LogP contribution in [-0.2, 0) is 32.6 Å². The van der Waals surface area contributed by atoms with Gasteiger partial charge in [0, 0.05) is 23.1 Å². The predicted octanol–water partition coefficient (Wildman–Crippen LogP) is 0.698. The van der Waals surface area contributed by atoms with Crippen LogP contribution in [0.25, 0.3) is 0 Å². The number of hydrogen-bond acceptors (Lipinski definition) is 3. The van der Waals surface area contributed by atoms with E-state index in [-0.39, 0.29) is 23.8 Å². The molecule has 0 saturated heterocycles. The number of nitrogens with one attached hydrogen (secondary N) is 1. The molecule has 1 atom stereocenters. The van der Waals surface area contributed by atoms with E-state index in [9.17, 15) is 13.8 Å². The van der Waals surface area contributed by atoms with Gasteiger partial charge < -0.3 is 10.4 Å². The van der Waals surface area contributed by atoms with Crippen LogP contribution in [0.5, 0.6) is 0 Å². The Balaban J connectivity index is 2.68. The fraction of sp³-hybridized carbons (Fsp3) is 0.385. The molecule has 0 saturated carbocycles. The SMILES string of the molecule is CCNC(=O)CS(=O)Cc1ccccc1CC(=O)O. The highest BCUT2D eigenvalue weighted by molar-refractivity contribution is 7.84. The van der Waals surface area contributed by atoms with E-state index in [1.54, 1.807) is 31.2 Å². The van der Waals surface area contributed by atoms with Crippen molar-refractivity contribution in [3.8, 4) is 0 Å². The topological polar surface area (TPSA) is 83.5 Å². The highest BCUT2D eigenvalue weighted by atomic mass is 32.2. The van der Waals surface area contributed by atoms with Crippen LogP contribution in [0.4, 0.5) is 0 Å². The zero-order chi connectivity index (χ0) is 14.3. The average molecular weight is 283 g/mol. The first kappa shape index (κ1) is 15.4. The minimum absolute atomic E-state index is 0.0603. The second-order valence-corrected chi connectivity index (χ2v) is 5.48. The van der Waals surface area contributed by atoms with Gasteiger partial charge in [0.25, 0.3) is 0 Å². The maximum atomic E-state index is 11.8. The van der Waals surface area contributed by atoms with Gasteiger partial charge in [-0.15, -0.1) is 0 Å². The molecule has 1 amide bonds. The summed E-state index contributed by atoms with van der Waals surface area (Å²) in [6, 6.07) is 6.96. The van der Waals surface area contributed by atoms with Crippen LogP contribution in [0.15, 0.2) is 24.3 Å². The lowest BCUT2D eigenvalue weighted by atomic mass is 10.1. The first-order chi connectivity index (χ1) is 9.02. The first-order valence-electron chi connectivity index (χ1n) is 5.93. The van der Waals surface area contributed by atoms with Crippen molar-refractivity contribution in [1.29, 1.82) is 0 Å². The highest BCUT2D eigenvalue weighted by Crippen LogP contribution is 2.12. The summed E-state index contributed by atoms with van der Waals surface area (Å²) in [6.45, 7) is 2.30. The Bertz CT molecular complexity index is 487. The summed E-state index contributed by atoms with van der Waals surface area (Å²) in [4.78, 5) is 22.0. The number of carbonyl (C=O) groups is 2. The molecule has 0 aliphatic heterocycles. The molecule has 0 bridgehead atoms. The van der Waals surface area contributed by atoms with Crippen molar-refractivity contribution in [3.63, 3.8) is 0 Å². The fourth-order valence-electron chi connectivity index (χ4n) is 1.65. The molecule has 1 rings (SSSR count). The second-order valence-electron chi connectivity index (χ2n) is 4.02. The van der Waals surface area contributed by atoms with Gasteiger partial charge in [-0.05, 0) is 18.1 Å². The van der Waals surface area contributed by atoms with Gasteiger partial charge >= 0.3 is 5.97 Å². The number of hydrogen-bond donors (Lipinski definition) is 2. The summed E-state index contributed by atoms with van der Waals surface area (Å²) in [7, 11) is -1.33. The smallest absolute Gasteiger partial charge is 0.307 e. The Labute approximate surface area is 114 Å². The summed E-state index contributed by atoms with van der Waals surface area (Å²) in [5.41, 5.74) is 1.35. The van der Waals surface area contributed by atoms with Crippen LogP contribution < -0.4 is 5.32 Å². The largest absolute Gasteiger partial charge is 0.481 e. The number of amides is 1. The molecular formula is C13H17NO4S. The van der Waals surface area contributed by atoms with Gasteiger partial charge in [-0.2, -0.15) is 0 Å². The molecule has 6 heteroatoms. The van der Waals surface area contributed by atoms with Gasteiger partial charge in [-0.3, -0.25) is 13.8 Å². The van der Waals surface area contributed by atoms with Crippen LogP contribution in [0.3, 0.4) is 0 Å².